The first-order valence-electron chi connectivity index (χ1n) is 13.1. The molecule has 12 nitrogen and oxygen atoms in total. The molecule has 43 heavy (non-hydrogen) atoms. The van der Waals surface area contributed by atoms with Crippen LogP contribution in [0.15, 0.2) is 60.8 Å². The van der Waals surface area contributed by atoms with E-state index in [1.165, 1.54) is 37.5 Å². The van der Waals surface area contributed by atoms with Crippen LogP contribution in [-0.4, -0.2) is 47.4 Å². The lowest BCUT2D eigenvalue weighted by Crippen LogP contribution is -2.44. The molecular weight excluding hydrogens is 578 g/mol. The van der Waals surface area contributed by atoms with Crippen LogP contribution in [0, 0.1) is 0 Å². The van der Waals surface area contributed by atoms with E-state index in [9.17, 15) is 19.2 Å². The fraction of sp³-hybridized carbons (Fsp3) is 0.300. The van der Waals surface area contributed by atoms with E-state index in [0.717, 1.165) is 0 Å². The van der Waals surface area contributed by atoms with Crippen molar-refractivity contribution in [3.8, 4) is 11.5 Å². The van der Waals surface area contributed by atoms with Crippen LogP contribution in [-0.2, 0) is 9.47 Å². The van der Waals surface area contributed by atoms with E-state index in [1.807, 2.05) is 0 Å². The number of nitrogens with one attached hydrogen (secondary N) is 3. The predicted molar refractivity (Wildman–Crippen MR) is 163 cm³/mol. The Morgan fingerprint density at radius 3 is 1.88 bits per heavy atom. The minimum atomic E-state index is -0.996. The van der Waals surface area contributed by atoms with Gasteiger partial charge < -0.3 is 30.2 Å². The molecule has 0 fully saturated rings. The van der Waals surface area contributed by atoms with Gasteiger partial charge in [-0.15, -0.1) is 0 Å². The monoisotopic (exact) mass is 611 g/mol. The van der Waals surface area contributed by atoms with E-state index in [4.69, 9.17) is 25.8 Å². The average molecular weight is 612 g/mol. The van der Waals surface area contributed by atoms with Gasteiger partial charge in [0.15, 0.2) is 0 Å². The number of rotatable bonds is 6. The number of carbonyl (C=O) groups is 4. The third-order valence-corrected chi connectivity index (χ3v) is 5.46. The first-order chi connectivity index (χ1) is 20.0. The second-order valence-electron chi connectivity index (χ2n) is 11.1. The quantitative estimate of drug-likeness (QED) is 0.265. The number of amides is 5. The lowest BCUT2D eigenvalue weighted by atomic mass is 10.2. The van der Waals surface area contributed by atoms with Gasteiger partial charge in [0.25, 0.3) is 5.91 Å². The van der Waals surface area contributed by atoms with Gasteiger partial charge in [0.1, 0.15) is 28.4 Å². The third-order valence-electron chi connectivity index (χ3n) is 5.14. The molecule has 2 aromatic carbocycles. The summed E-state index contributed by atoms with van der Waals surface area (Å²) in [5.41, 5.74) is -0.969. The van der Waals surface area contributed by atoms with Gasteiger partial charge in [-0.1, -0.05) is 11.6 Å². The molecule has 0 unspecified atom stereocenters. The highest BCUT2D eigenvalue weighted by Gasteiger charge is 2.34. The van der Waals surface area contributed by atoms with Gasteiger partial charge in [-0.2, -0.15) is 4.90 Å². The van der Waals surface area contributed by atoms with Crippen LogP contribution in [0.4, 0.5) is 31.4 Å². The molecule has 228 valence electrons. The zero-order valence-corrected chi connectivity index (χ0v) is 25.7. The Balaban J connectivity index is 1.74. The minimum Gasteiger partial charge on any atom is -0.457 e. The summed E-state index contributed by atoms with van der Waals surface area (Å²) in [7, 11) is 1.51. The van der Waals surface area contributed by atoms with Crippen molar-refractivity contribution >= 4 is 52.8 Å². The molecule has 0 bridgehead atoms. The average Bonchev–Trinajstić information content (AvgIpc) is 2.89. The summed E-state index contributed by atoms with van der Waals surface area (Å²) in [6.45, 7) is 9.94. The van der Waals surface area contributed by atoms with E-state index in [-0.39, 0.29) is 28.0 Å². The van der Waals surface area contributed by atoms with Crippen LogP contribution >= 0.6 is 11.6 Å². The predicted octanol–water partition coefficient (Wildman–Crippen LogP) is 7.21. The molecule has 0 aliphatic carbocycles. The van der Waals surface area contributed by atoms with Crippen LogP contribution in [0.1, 0.15) is 52.0 Å². The Kier molecular flexibility index (Phi) is 10.2. The number of ether oxygens (including phenoxy) is 3. The van der Waals surface area contributed by atoms with Crippen molar-refractivity contribution in [3.05, 3.63) is 71.5 Å². The number of hydrogen-bond donors (Lipinski definition) is 3. The van der Waals surface area contributed by atoms with Crippen molar-refractivity contribution in [2.24, 2.45) is 0 Å². The number of imide groups is 1. The Hall–Kier alpha value is -4.84. The molecule has 0 spiro atoms. The van der Waals surface area contributed by atoms with Crippen LogP contribution in [0.2, 0.25) is 5.02 Å². The molecule has 1 aromatic heterocycles. The van der Waals surface area contributed by atoms with E-state index in [1.54, 1.807) is 71.9 Å². The Morgan fingerprint density at radius 1 is 0.767 bits per heavy atom. The normalized spacial score (nSPS) is 11.2. The molecule has 0 saturated carbocycles. The van der Waals surface area contributed by atoms with Crippen molar-refractivity contribution in [2.75, 3.05) is 22.6 Å². The van der Waals surface area contributed by atoms with Crippen LogP contribution in [0.5, 0.6) is 11.5 Å². The smallest absolute Gasteiger partial charge is 0.424 e. The highest BCUT2D eigenvalue weighted by molar-refractivity contribution is 6.35. The third kappa shape index (κ3) is 9.89. The molecular formula is C30H34ClN5O7. The van der Waals surface area contributed by atoms with Gasteiger partial charge in [0.2, 0.25) is 0 Å². The second-order valence-corrected chi connectivity index (χ2v) is 11.5. The minimum absolute atomic E-state index is 0.0415. The number of halogens is 1. The largest absolute Gasteiger partial charge is 0.457 e. The number of benzene rings is 2. The number of nitrogens with zero attached hydrogens (tertiary/aromatic N) is 2. The summed E-state index contributed by atoms with van der Waals surface area (Å²) in [5, 5.41) is 7.88. The molecule has 5 amide bonds. The number of carbonyl (C=O) groups excluding carboxylic acids is 4. The molecule has 0 atom stereocenters. The summed E-state index contributed by atoms with van der Waals surface area (Å²) in [6, 6.07) is 13.3. The molecule has 0 aliphatic rings. The topological polar surface area (TPSA) is 148 Å². The molecule has 13 heteroatoms. The summed E-state index contributed by atoms with van der Waals surface area (Å²) < 4.78 is 16.6. The van der Waals surface area contributed by atoms with Gasteiger partial charge in [-0.3, -0.25) is 9.78 Å². The van der Waals surface area contributed by atoms with E-state index < -0.39 is 29.4 Å². The highest BCUT2D eigenvalue weighted by atomic mass is 35.5. The molecule has 3 N–H and O–H groups in total. The van der Waals surface area contributed by atoms with Crippen molar-refractivity contribution in [2.45, 2.75) is 52.7 Å². The Morgan fingerprint density at radius 2 is 1.33 bits per heavy atom. The number of urea groups is 1. The highest BCUT2D eigenvalue weighted by Crippen LogP contribution is 2.32. The van der Waals surface area contributed by atoms with Crippen molar-refractivity contribution < 1.29 is 33.4 Å². The van der Waals surface area contributed by atoms with Gasteiger partial charge in [-0.05, 0) is 90.1 Å². The van der Waals surface area contributed by atoms with Gasteiger partial charge in [-0.25, -0.2) is 14.4 Å². The van der Waals surface area contributed by atoms with Gasteiger partial charge >= 0.3 is 18.2 Å². The molecule has 0 aliphatic heterocycles. The number of hydrogen-bond acceptors (Lipinski definition) is 8. The molecule has 3 aromatic rings. The fourth-order valence-electron chi connectivity index (χ4n) is 3.41. The first-order valence-corrected chi connectivity index (χ1v) is 13.5. The summed E-state index contributed by atoms with van der Waals surface area (Å²) in [6.07, 6.45) is -0.531. The molecule has 1 heterocycles. The molecule has 0 saturated heterocycles. The first kappa shape index (κ1) is 32.7. The lowest BCUT2D eigenvalue weighted by molar-refractivity contribution is 0.0430. The molecule has 0 radical (unpaired) electrons. The lowest BCUT2D eigenvalue weighted by Gasteiger charge is -2.29. The maximum atomic E-state index is 13.0. The Bertz CT molecular complexity index is 1470. The number of pyridine rings is 1. The second kappa shape index (κ2) is 13.4. The maximum absolute atomic E-state index is 13.0. The van der Waals surface area contributed by atoms with E-state index in [2.05, 4.69) is 20.9 Å². The Labute approximate surface area is 254 Å². The fourth-order valence-corrected chi connectivity index (χ4v) is 3.61. The van der Waals surface area contributed by atoms with E-state index in [0.29, 0.717) is 22.1 Å². The standard InChI is InChI=1S/C30H34ClN5O7/c1-29(2,3)42-27(39)36(28(40)43-30(4,5)6)24-16-19(10-13-22(24)31)35-26(38)34-18-8-11-20(12-9-18)41-21-14-15-33-23(17-21)25(37)32-7/h8-17H,1-7H3,(H,32,37)(H2,34,35,38). The number of aromatic nitrogens is 1. The SMILES string of the molecule is CNC(=O)c1cc(Oc2ccc(NC(=O)Nc3ccc(Cl)c(N(C(=O)OC(C)(C)C)C(=O)OC(C)(C)C)c3)cc2)ccn1. The van der Waals surface area contributed by atoms with Crippen LogP contribution < -0.4 is 25.6 Å². The van der Waals surface area contributed by atoms with Gasteiger partial charge in [0.05, 0.1) is 10.7 Å². The summed E-state index contributed by atoms with van der Waals surface area (Å²) in [4.78, 5) is 55.3. The van der Waals surface area contributed by atoms with Crippen LogP contribution in [0.3, 0.4) is 0 Å². The van der Waals surface area contributed by atoms with Gasteiger partial charge in [0, 0.05) is 30.7 Å². The van der Waals surface area contributed by atoms with Crippen LogP contribution in [0.25, 0.3) is 0 Å². The maximum Gasteiger partial charge on any atom is 0.424 e. The van der Waals surface area contributed by atoms with E-state index >= 15 is 0 Å². The molecule has 3 rings (SSSR count). The zero-order valence-electron chi connectivity index (χ0n) is 24.9. The van der Waals surface area contributed by atoms with Crippen molar-refractivity contribution in [1.82, 2.24) is 10.3 Å². The summed E-state index contributed by atoms with van der Waals surface area (Å²) in [5.74, 6) is 0.537. The zero-order chi connectivity index (χ0) is 31.9. The summed E-state index contributed by atoms with van der Waals surface area (Å²) >= 11 is 6.37. The van der Waals surface area contributed by atoms with Crippen molar-refractivity contribution in [3.63, 3.8) is 0 Å². The van der Waals surface area contributed by atoms with Crippen molar-refractivity contribution in [1.29, 1.82) is 0 Å². The number of anilines is 3.